The molecule has 3 aromatic heterocycles. The fraction of sp³-hybridized carbons (Fsp3) is 0.238. The van der Waals surface area contributed by atoms with E-state index in [1.54, 1.807) is 36.9 Å². The highest BCUT2D eigenvalue weighted by atomic mass is 32.1. The lowest BCUT2D eigenvalue weighted by Gasteiger charge is -2.45. The molecular formula is C21H19N5O2S. The van der Waals surface area contributed by atoms with Crippen molar-refractivity contribution >= 4 is 28.8 Å². The molecule has 2 amide bonds. The average Bonchev–Trinajstić information content (AvgIpc) is 3.19. The minimum absolute atomic E-state index is 0.0220. The first kappa shape index (κ1) is 17.8. The van der Waals surface area contributed by atoms with Crippen molar-refractivity contribution in [2.24, 2.45) is 0 Å². The molecule has 2 aliphatic heterocycles. The lowest BCUT2D eigenvalue weighted by Crippen LogP contribution is -2.62. The summed E-state index contributed by atoms with van der Waals surface area (Å²) in [7, 11) is 0. The fourth-order valence-corrected chi connectivity index (χ4v) is 4.90. The molecule has 5 heterocycles. The second kappa shape index (κ2) is 6.97. The number of nitrogens with zero attached hydrogens (tertiary/aromatic N) is 3. The van der Waals surface area contributed by atoms with Crippen molar-refractivity contribution in [3.63, 3.8) is 0 Å². The number of hydrogen-bond acceptors (Lipinski definition) is 6. The van der Waals surface area contributed by atoms with E-state index in [4.69, 9.17) is 0 Å². The maximum atomic E-state index is 12.8. The van der Waals surface area contributed by atoms with Gasteiger partial charge in [0.25, 0.3) is 11.8 Å². The number of anilines is 1. The molecular weight excluding hydrogens is 386 g/mol. The van der Waals surface area contributed by atoms with Crippen LogP contribution in [0.2, 0.25) is 0 Å². The lowest BCUT2D eigenvalue weighted by atomic mass is 9.93. The van der Waals surface area contributed by atoms with Crippen molar-refractivity contribution in [1.29, 1.82) is 0 Å². The predicted molar refractivity (Wildman–Crippen MR) is 111 cm³/mol. The Hall–Kier alpha value is -3.26. The van der Waals surface area contributed by atoms with Crippen LogP contribution in [-0.4, -0.2) is 45.4 Å². The Bertz CT molecular complexity index is 1060. The van der Waals surface area contributed by atoms with E-state index in [2.05, 4.69) is 20.6 Å². The number of thiophene rings is 1. The van der Waals surface area contributed by atoms with Crippen LogP contribution in [0.5, 0.6) is 0 Å². The van der Waals surface area contributed by atoms with Gasteiger partial charge in [-0.1, -0.05) is 0 Å². The zero-order valence-electron chi connectivity index (χ0n) is 15.6. The number of likely N-dealkylation sites (tertiary alicyclic amines) is 1. The van der Waals surface area contributed by atoms with Crippen LogP contribution >= 0.6 is 11.3 Å². The van der Waals surface area contributed by atoms with Crippen LogP contribution < -0.4 is 10.6 Å². The van der Waals surface area contributed by atoms with E-state index < -0.39 is 5.66 Å². The number of carbonyl (C=O) groups is 2. The summed E-state index contributed by atoms with van der Waals surface area (Å²) in [5.41, 5.74) is 1.97. The first-order valence-corrected chi connectivity index (χ1v) is 10.3. The minimum Gasteiger partial charge on any atom is -0.361 e. The Morgan fingerprint density at radius 3 is 2.59 bits per heavy atom. The van der Waals surface area contributed by atoms with Crippen LogP contribution in [0.25, 0.3) is 10.4 Å². The Morgan fingerprint density at radius 2 is 1.86 bits per heavy atom. The number of hydrogen-bond donors (Lipinski definition) is 2. The number of pyridine rings is 2. The van der Waals surface area contributed by atoms with Gasteiger partial charge in [0.05, 0.1) is 11.3 Å². The first-order chi connectivity index (χ1) is 14.1. The highest BCUT2D eigenvalue weighted by Crippen LogP contribution is 2.40. The van der Waals surface area contributed by atoms with E-state index in [0.717, 1.165) is 16.1 Å². The summed E-state index contributed by atoms with van der Waals surface area (Å²) in [6.45, 7) is 1.13. The smallest absolute Gasteiger partial charge is 0.265 e. The molecule has 0 radical (unpaired) electrons. The molecule has 1 spiro atoms. The third kappa shape index (κ3) is 3.25. The summed E-state index contributed by atoms with van der Waals surface area (Å²) in [5.74, 6) is -0.0811. The molecule has 2 aliphatic rings. The average molecular weight is 405 g/mol. The molecule has 1 saturated heterocycles. The molecule has 0 atom stereocenters. The van der Waals surface area contributed by atoms with E-state index in [-0.39, 0.29) is 11.8 Å². The van der Waals surface area contributed by atoms with Gasteiger partial charge in [0.2, 0.25) is 0 Å². The largest absolute Gasteiger partial charge is 0.361 e. The van der Waals surface area contributed by atoms with Crippen LogP contribution in [0.1, 0.15) is 32.9 Å². The molecule has 0 aromatic carbocycles. The molecule has 8 heteroatoms. The predicted octanol–water partition coefficient (Wildman–Crippen LogP) is 2.99. The first-order valence-electron chi connectivity index (χ1n) is 9.48. The van der Waals surface area contributed by atoms with Crippen LogP contribution in [-0.2, 0) is 0 Å². The topological polar surface area (TPSA) is 87.2 Å². The quantitative estimate of drug-likeness (QED) is 0.684. The van der Waals surface area contributed by atoms with E-state index in [1.807, 2.05) is 23.1 Å². The summed E-state index contributed by atoms with van der Waals surface area (Å²) in [6, 6.07) is 9.45. The third-order valence-electron chi connectivity index (χ3n) is 5.44. The fourth-order valence-electron chi connectivity index (χ4n) is 3.89. The molecule has 5 rings (SSSR count). The Morgan fingerprint density at radius 1 is 1.07 bits per heavy atom. The highest BCUT2D eigenvalue weighted by Gasteiger charge is 2.42. The Labute approximate surface area is 171 Å². The lowest BCUT2D eigenvalue weighted by molar-refractivity contribution is 0.0640. The van der Waals surface area contributed by atoms with Gasteiger partial charge in [0, 0.05) is 55.6 Å². The Balaban J connectivity index is 1.33. The van der Waals surface area contributed by atoms with Crippen molar-refractivity contribution < 1.29 is 9.59 Å². The van der Waals surface area contributed by atoms with Crippen LogP contribution in [0.4, 0.5) is 5.69 Å². The number of nitrogens with one attached hydrogen (secondary N) is 2. The summed E-state index contributed by atoms with van der Waals surface area (Å²) in [6.07, 6.45) is 8.03. The normalized spacial score (nSPS) is 17.4. The molecule has 7 nitrogen and oxygen atoms in total. The van der Waals surface area contributed by atoms with Gasteiger partial charge in [-0.2, -0.15) is 0 Å². The molecule has 1 fully saturated rings. The van der Waals surface area contributed by atoms with E-state index in [0.29, 0.717) is 36.4 Å². The van der Waals surface area contributed by atoms with Gasteiger partial charge >= 0.3 is 0 Å². The standard InChI is InChI=1S/C21H19N5O2S/c27-19-18-16(12-17(29-18)14-3-8-22-9-4-14)24-21(25-19)5-10-26(11-6-21)20(28)15-2-1-7-23-13-15/h1-4,7-9,12-13,24H,5-6,10-11H2,(H,25,27). The van der Waals surface area contributed by atoms with Crippen LogP contribution in [0, 0.1) is 0 Å². The van der Waals surface area contributed by atoms with Gasteiger partial charge in [0.15, 0.2) is 0 Å². The Kier molecular flexibility index (Phi) is 4.28. The van der Waals surface area contributed by atoms with Crippen molar-refractivity contribution in [2.45, 2.75) is 18.5 Å². The zero-order valence-corrected chi connectivity index (χ0v) is 16.4. The number of carbonyl (C=O) groups excluding carboxylic acids is 2. The highest BCUT2D eigenvalue weighted by molar-refractivity contribution is 7.18. The van der Waals surface area contributed by atoms with Gasteiger partial charge in [-0.15, -0.1) is 11.3 Å². The second-order valence-corrected chi connectivity index (χ2v) is 8.34. The van der Waals surface area contributed by atoms with Gasteiger partial charge in [-0.25, -0.2) is 0 Å². The van der Waals surface area contributed by atoms with E-state index in [1.165, 1.54) is 11.3 Å². The number of piperidine rings is 1. The van der Waals surface area contributed by atoms with Gasteiger partial charge < -0.3 is 15.5 Å². The second-order valence-electron chi connectivity index (χ2n) is 7.28. The summed E-state index contributed by atoms with van der Waals surface area (Å²) < 4.78 is 0. The summed E-state index contributed by atoms with van der Waals surface area (Å²) in [4.78, 5) is 37.1. The number of amides is 2. The molecule has 3 aromatic rings. The monoisotopic (exact) mass is 405 g/mol. The maximum absolute atomic E-state index is 12.8. The van der Waals surface area contributed by atoms with E-state index >= 15 is 0 Å². The molecule has 0 saturated carbocycles. The van der Waals surface area contributed by atoms with Crippen molar-refractivity contribution in [3.05, 3.63) is 65.6 Å². The molecule has 0 bridgehead atoms. The van der Waals surface area contributed by atoms with Crippen molar-refractivity contribution in [1.82, 2.24) is 20.2 Å². The van der Waals surface area contributed by atoms with E-state index in [9.17, 15) is 9.59 Å². The molecule has 146 valence electrons. The SMILES string of the molecule is O=C1NC2(CCN(C(=O)c3cccnc3)CC2)Nc2cc(-c3ccncc3)sc21. The van der Waals surface area contributed by atoms with Crippen molar-refractivity contribution in [3.8, 4) is 10.4 Å². The number of fused-ring (bicyclic) bond motifs is 1. The van der Waals surface area contributed by atoms with Crippen LogP contribution in [0.15, 0.2) is 55.1 Å². The maximum Gasteiger partial charge on any atom is 0.265 e. The van der Waals surface area contributed by atoms with Gasteiger partial charge in [-0.05, 0) is 35.9 Å². The van der Waals surface area contributed by atoms with Gasteiger partial charge in [0.1, 0.15) is 10.5 Å². The van der Waals surface area contributed by atoms with Crippen LogP contribution in [0.3, 0.4) is 0 Å². The molecule has 2 N–H and O–H groups in total. The molecule has 0 unspecified atom stereocenters. The summed E-state index contributed by atoms with van der Waals surface area (Å²) >= 11 is 1.47. The third-order valence-corrected chi connectivity index (χ3v) is 6.63. The molecule has 29 heavy (non-hydrogen) atoms. The molecule has 0 aliphatic carbocycles. The zero-order chi connectivity index (χ0) is 19.8. The summed E-state index contributed by atoms with van der Waals surface area (Å²) in [5, 5.41) is 6.69. The minimum atomic E-state index is -0.521. The number of rotatable bonds is 2. The number of aromatic nitrogens is 2. The van der Waals surface area contributed by atoms with Crippen molar-refractivity contribution in [2.75, 3.05) is 18.4 Å². The van der Waals surface area contributed by atoms with Gasteiger partial charge in [-0.3, -0.25) is 19.6 Å².